The smallest absolute Gasteiger partial charge is 0.312 e. The number of ether oxygens (including phenoxy) is 1. The molecule has 3 rings (SSSR count). The van der Waals surface area contributed by atoms with Crippen LogP contribution in [0, 0.1) is 17.3 Å². The van der Waals surface area contributed by atoms with Gasteiger partial charge in [-0.15, -0.1) is 0 Å². The molecule has 0 atom stereocenters. The zero-order valence-corrected chi connectivity index (χ0v) is 10.9. The van der Waals surface area contributed by atoms with Crippen LogP contribution in [-0.2, 0) is 16.0 Å². The van der Waals surface area contributed by atoms with Gasteiger partial charge in [0, 0.05) is 0 Å². The number of rotatable bonds is 3. The van der Waals surface area contributed by atoms with Crippen molar-refractivity contribution in [2.24, 2.45) is 17.3 Å². The van der Waals surface area contributed by atoms with E-state index in [0.29, 0.717) is 11.8 Å². The number of hydrogen-bond donors (Lipinski definition) is 0. The SMILES string of the molecule is COC(=O)C1(Cc2ccccc2)C2CCC1CC2. The highest BCUT2D eigenvalue weighted by Crippen LogP contribution is 2.60. The zero-order valence-electron chi connectivity index (χ0n) is 10.9. The van der Waals surface area contributed by atoms with Gasteiger partial charge in [-0.25, -0.2) is 0 Å². The van der Waals surface area contributed by atoms with Gasteiger partial charge >= 0.3 is 5.97 Å². The highest BCUT2D eigenvalue weighted by molar-refractivity contribution is 5.79. The number of methoxy groups -OCH3 is 1. The first-order valence-corrected chi connectivity index (χ1v) is 6.89. The van der Waals surface area contributed by atoms with Gasteiger partial charge in [0.05, 0.1) is 12.5 Å². The van der Waals surface area contributed by atoms with Crippen molar-refractivity contribution in [2.75, 3.05) is 7.11 Å². The Labute approximate surface area is 108 Å². The number of carbonyl (C=O) groups excluding carboxylic acids is 1. The molecule has 0 aromatic heterocycles. The second-order valence-electron chi connectivity index (χ2n) is 5.74. The molecule has 1 aromatic rings. The lowest BCUT2D eigenvalue weighted by Crippen LogP contribution is -2.39. The molecule has 2 bridgehead atoms. The van der Waals surface area contributed by atoms with E-state index >= 15 is 0 Å². The van der Waals surface area contributed by atoms with E-state index in [2.05, 4.69) is 24.3 Å². The summed E-state index contributed by atoms with van der Waals surface area (Å²) in [5.41, 5.74) is 1.04. The van der Waals surface area contributed by atoms with Gasteiger partial charge in [-0.3, -0.25) is 4.79 Å². The van der Waals surface area contributed by atoms with Crippen molar-refractivity contribution in [3.8, 4) is 0 Å². The summed E-state index contributed by atoms with van der Waals surface area (Å²) in [5, 5.41) is 0. The number of esters is 1. The predicted octanol–water partition coefficient (Wildman–Crippen LogP) is 3.21. The lowest BCUT2D eigenvalue weighted by Gasteiger charge is -2.31. The molecule has 0 spiro atoms. The molecule has 0 N–H and O–H groups in total. The Hall–Kier alpha value is -1.31. The van der Waals surface area contributed by atoms with E-state index in [1.165, 1.54) is 38.4 Å². The van der Waals surface area contributed by atoms with Crippen molar-refractivity contribution in [3.63, 3.8) is 0 Å². The van der Waals surface area contributed by atoms with Gasteiger partial charge < -0.3 is 4.74 Å². The van der Waals surface area contributed by atoms with Crippen LogP contribution in [0.25, 0.3) is 0 Å². The Morgan fingerprint density at radius 1 is 1.17 bits per heavy atom. The van der Waals surface area contributed by atoms with Crippen molar-refractivity contribution in [1.29, 1.82) is 0 Å². The first kappa shape index (κ1) is 11.8. The maximum atomic E-state index is 12.4. The standard InChI is InChI=1S/C16H20O2/c1-18-15(17)16(11-12-5-3-2-4-6-12)13-7-8-14(16)10-9-13/h2-6,13-14H,7-11H2,1H3. The predicted molar refractivity (Wildman–Crippen MR) is 70.0 cm³/mol. The van der Waals surface area contributed by atoms with Crippen LogP contribution in [-0.4, -0.2) is 13.1 Å². The molecule has 96 valence electrons. The second kappa shape index (κ2) is 4.42. The summed E-state index contributed by atoms with van der Waals surface area (Å²) in [4.78, 5) is 12.4. The van der Waals surface area contributed by atoms with Crippen LogP contribution in [0.5, 0.6) is 0 Å². The van der Waals surface area contributed by atoms with E-state index in [0.717, 1.165) is 6.42 Å². The Balaban J connectivity index is 1.95. The third kappa shape index (κ3) is 1.58. The number of benzene rings is 1. The van der Waals surface area contributed by atoms with Crippen LogP contribution in [0.15, 0.2) is 30.3 Å². The van der Waals surface area contributed by atoms with Gasteiger partial charge in [0.25, 0.3) is 0 Å². The van der Waals surface area contributed by atoms with Gasteiger partial charge in [0.15, 0.2) is 0 Å². The minimum absolute atomic E-state index is 0.0244. The first-order valence-electron chi connectivity index (χ1n) is 6.89. The van der Waals surface area contributed by atoms with E-state index in [9.17, 15) is 4.79 Å². The topological polar surface area (TPSA) is 26.3 Å². The first-order chi connectivity index (χ1) is 8.77. The van der Waals surface area contributed by atoms with Crippen LogP contribution in [0.2, 0.25) is 0 Å². The lowest BCUT2D eigenvalue weighted by atomic mass is 9.73. The quantitative estimate of drug-likeness (QED) is 0.763. The highest BCUT2D eigenvalue weighted by atomic mass is 16.5. The highest BCUT2D eigenvalue weighted by Gasteiger charge is 2.59. The summed E-state index contributed by atoms with van der Waals surface area (Å²) in [6.07, 6.45) is 5.66. The summed E-state index contributed by atoms with van der Waals surface area (Å²) < 4.78 is 5.15. The van der Waals surface area contributed by atoms with Gasteiger partial charge in [0.1, 0.15) is 0 Å². The Bertz CT molecular complexity index is 418. The summed E-state index contributed by atoms with van der Waals surface area (Å²) in [5.74, 6) is 1.10. The van der Waals surface area contributed by atoms with Crippen LogP contribution in [0.1, 0.15) is 31.2 Å². The maximum absolute atomic E-state index is 12.4. The van der Waals surface area contributed by atoms with Gasteiger partial charge in [-0.05, 0) is 49.5 Å². The monoisotopic (exact) mass is 244 g/mol. The van der Waals surface area contributed by atoms with Crippen LogP contribution in [0.3, 0.4) is 0 Å². The van der Waals surface area contributed by atoms with E-state index < -0.39 is 0 Å². The molecular formula is C16H20O2. The second-order valence-corrected chi connectivity index (χ2v) is 5.74. The molecule has 0 aliphatic heterocycles. The molecule has 0 heterocycles. The molecule has 2 nitrogen and oxygen atoms in total. The fraction of sp³-hybridized carbons (Fsp3) is 0.562. The molecule has 0 unspecified atom stereocenters. The number of fused-ring (bicyclic) bond motifs is 2. The molecular weight excluding hydrogens is 224 g/mol. The number of carbonyl (C=O) groups is 1. The molecule has 2 aliphatic rings. The molecule has 0 amide bonds. The van der Waals surface area contributed by atoms with Crippen molar-refractivity contribution < 1.29 is 9.53 Å². The third-order valence-electron chi connectivity index (χ3n) is 5.09. The average molecular weight is 244 g/mol. The van der Waals surface area contributed by atoms with Crippen LogP contribution in [0.4, 0.5) is 0 Å². The van der Waals surface area contributed by atoms with Crippen molar-refractivity contribution in [2.45, 2.75) is 32.1 Å². The summed E-state index contributed by atoms with van der Waals surface area (Å²) >= 11 is 0. The molecule has 2 aliphatic carbocycles. The fourth-order valence-corrected chi connectivity index (χ4v) is 4.27. The molecule has 0 saturated heterocycles. The molecule has 2 heteroatoms. The maximum Gasteiger partial charge on any atom is 0.312 e. The minimum atomic E-state index is -0.226. The average Bonchev–Trinajstić information content (AvgIpc) is 2.95. The van der Waals surface area contributed by atoms with Gasteiger partial charge in [-0.1, -0.05) is 30.3 Å². The summed E-state index contributed by atoms with van der Waals surface area (Å²) in [6, 6.07) is 10.4. The molecule has 18 heavy (non-hydrogen) atoms. The Morgan fingerprint density at radius 3 is 2.22 bits per heavy atom. The lowest BCUT2D eigenvalue weighted by molar-refractivity contribution is -0.156. The third-order valence-corrected chi connectivity index (χ3v) is 5.09. The number of hydrogen-bond acceptors (Lipinski definition) is 2. The van der Waals surface area contributed by atoms with E-state index in [1.54, 1.807) is 0 Å². The van der Waals surface area contributed by atoms with Crippen molar-refractivity contribution in [3.05, 3.63) is 35.9 Å². The van der Waals surface area contributed by atoms with E-state index in [1.807, 2.05) is 6.07 Å². The normalized spacial score (nSPS) is 33.6. The van der Waals surface area contributed by atoms with E-state index in [-0.39, 0.29) is 11.4 Å². The zero-order chi connectivity index (χ0) is 12.6. The minimum Gasteiger partial charge on any atom is -0.469 e. The molecule has 2 fully saturated rings. The van der Waals surface area contributed by atoms with Crippen LogP contribution >= 0.6 is 0 Å². The Kier molecular flexibility index (Phi) is 2.89. The molecule has 1 aromatic carbocycles. The molecule has 2 saturated carbocycles. The Morgan fingerprint density at radius 2 is 1.72 bits per heavy atom. The largest absolute Gasteiger partial charge is 0.469 e. The summed E-state index contributed by atoms with van der Waals surface area (Å²) in [7, 11) is 1.53. The van der Waals surface area contributed by atoms with Gasteiger partial charge in [0.2, 0.25) is 0 Å². The van der Waals surface area contributed by atoms with Crippen molar-refractivity contribution in [1.82, 2.24) is 0 Å². The fourth-order valence-electron chi connectivity index (χ4n) is 4.27. The summed E-state index contributed by atoms with van der Waals surface area (Å²) in [6.45, 7) is 0. The van der Waals surface area contributed by atoms with Crippen molar-refractivity contribution >= 4 is 5.97 Å². The molecule has 0 radical (unpaired) electrons. The van der Waals surface area contributed by atoms with Gasteiger partial charge in [-0.2, -0.15) is 0 Å². The van der Waals surface area contributed by atoms with E-state index in [4.69, 9.17) is 4.74 Å². The van der Waals surface area contributed by atoms with Crippen LogP contribution < -0.4 is 0 Å².